The Bertz CT molecular complexity index is 514. The van der Waals surface area contributed by atoms with Crippen molar-refractivity contribution >= 4 is 11.7 Å². The van der Waals surface area contributed by atoms with Gasteiger partial charge in [-0.2, -0.15) is 0 Å². The van der Waals surface area contributed by atoms with Crippen molar-refractivity contribution in [3.8, 4) is 0 Å². The summed E-state index contributed by atoms with van der Waals surface area (Å²) in [5.41, 5.74) is 1.43. The number of hydrogen-bond donors (Lipinski definition) is 1. The Morgan fingerprint density at radius 1 is 1.19 bits per heavy atom. The van der Waals surface area contributed by atoms with Gasteiger partial charge >= 0.3 is 0 Å². The van der Waals surface area contributed by atoms with E-state index in [1.54, 1.807) is 6.20 Å². The van der Waals surface area contributed by atoms with Crippen LogP contribution in [-0.4, -0.2) is 10.9 Å². The van der Waals surface area contributed by atoms with Crippen molar-refractivity contribution in [2.45, 2.75) is 51.9 Å². The van der Waals surface area contributed by atoms with Crippen molar-refractivity contribution in [1.82, 2.24) is 4.98 Å². The Morgan fingerprint density at radius 3 is 2.33 bits per heavy atom. The average Bonchev–Trinajstić information content (AvgIpc) is 2.39. The number of carbonyl (C=O) groups excluding carboxylic acids is 1. The molecule has 21 heavy (non-hydrogen) atoms. The van der Waals surface area contributed by atoms with Crippen molar-refractivity contribution in [3.05, 3.63) is 23.9 Å². The van der Waals surface area contributed by atoms with Gasteiger partial charge in [0.25, 0.3) is 0 Å². The number of aryl methyl sites for hydroxylation is 1. The predicted octanol–water partition coefficient (Wildman–Crippen LogP) is 3.94. The van der Waals surface area contributed by atoms with Crippen LogP contribution in [0.2, 0.25) is 0 Å². The lowest BCUT2D eigenvalue weighted by Gasteiger charge is -2.56. The molecular weight excluding hydrogens is 260 g/mol. The first kappa shape index (κ1) is 13.3. The third-order valence-electron chi connectivity index (χ3n) is 5.88. The van der Waals surface area contributed by atoms with Crippen LogP contribution in [-0.2, 0) is 4.79 Å². The number of amides is 1. The van der Waals surface area contributed by atoms with E-state index in [-0.39, 0.29) is 5.91 Å². The highest BCUT2D eigenvalue weighted by Gasteiger charge is 2.51. The fourth-order valence-electron chi connectivity index (χ4n) is 5.58. The van der Waals surface area contributed by atoms with Gasteiger partial charge in [0.2, 0.25) is 5.91 Å². The SMILES string of the molecule is Cc1ccc(NC(=O)CC23CC4CC(CC(C4)C2)C3)nc1. The molecule has 3 nitrogen and oxygen atoms in total. The van der Waals surface area contributed by atoms with Gasteiger partial charge in [0.15, 0.2) is 0 Å². The topological polar surface area (TPSA) is 42.0 Å². The van der Waals surface area contributed by atoms with Crippen LogP contribution in [0.3, 0.4) is 0 Å². The molecule has 1 aromatic heterocycles. The summed E-state index contributed by atoms with van der Waals surface area (Å²) in [4.78, 5) is 16.7. The van der Waals surface area contributed by atoms with E-state index in [4.69, 9.17) is 0 Å². The highest BCUT2D eigenvalue weighted by molar-refractivity contribution is 5.90. The smallest absolute Gasteiger partial charge is 0.226 e. The highest BCUT2D eigenvalue weighted by Crippen LogP contribution is 2.61. The largest absolute Gasteiger partial charge is 0.311 e. The van der Waals surface area contributed by atoms with Crippen LogP contribution in [0.15, 0.2) is 18.3 Å². The molecule has 4 aliphatic carbocycles. The summed E-state index contributed by atoms with van der Waals surface area (Å²) in [5.74, 6) is 3.56. The molecule has 4 bridgehead atoms. The van der Waals surface area contributed by atoms with Gasteiger partial charge in [-0.1, -0.05) is 6.07 Å². The van der Waals surface area contributed by atoms with E-state index in [9.17, 15) is 4.79 Å². The van der Waals surface area contributed by atoms with Gasteiger partial charge in [-0.05, 0) is 80.2 Å². The van der Waals surface area contributed by atoms with Crippen LogP contribution >= 0.6 is 0 Å². The monoisotopic (exact) mass is 284 g/mol. The standard InChI is InChI=1S/C18H24N2O/c1-12-2-3-16(19-11-12)20-17(21)10-18-7-13-4-14(8-18)6-15(5-13)9-18/h2-3,11,13-15H,4-10H2,1H3,(H,19,20,21). The zero-order valence-electron chi connectivity index (χ0n) is 12.8. The summed E-state index contributed by atoms with van der Waals surface area (Å²) < 4.78 is 0. The second-order valence-corrected chi connectivity index (χ2v) is 7.86. The summed E-state index contributed by atoms with van der Waals surface area (Å²) in [6.07, 6.45) is 10.7. The summed E-state index contributed by atoms with van der Waals surface area (Å²) in [7, 11) is 0. The Morgan fingerprint density at radius 2 is 1.81 bits per heavy atom. The van der Waals surface area contributed by atoms with Crippen LogP contribution in [0.25, 0.3) is 0 Å². The molecule has 3 heteroatoms. The number of hydrogen-bond acceptors (Lipinski definition) is 2. The highest BCUT2D eigenvalue weighted by atomic mass is 16.1. The number of aromatic nitrogens is 1. The van der Waals surface area contributed by atoms with Crippen LogP contribution < -0.4 is 5.32 Å². The lowest BCUT2D eigenvalue weighted by atomic mass is 9.49. The minimum atomic E-state index is 0.160. The van der Waals surface area contributed by atoms with E-state index in [0.29, 0.717) is 17.7 Å². The van der Waals surface area contributed by atoms with E-state index in [1.807, 2.05) is 19.1 Å². The van der Waals surface area contributed by atoms with Crippen LogP contribution in [0.5, 0.6) is 0 Å². The van der Waals surface area contributed by atoms with Crippen LogP contribution in [0, 0.1) is 30.1 Å². The van der Waals surface area contributed by atoms with Gasteiger partial charge < -0.3 is 5.32 Å². The second-order valence-electron chi connectivity index (χ2n) is 7.86. The molecule has 0 radical (unpaired) electrons. The Labute approximate surface area is 126 Å². The normalized spacial score (nSPS) is 36.7. The third kappa shape index (κ3) is 2.58. The molecule has 0 saturated heterocycles. The summed E-state index contributed by atoms with van der Waals surface area (Å²) in [6, 6.07) is 3.89. The minimum absolute atomic E-state index is 0.160. The van der Waals surface area contributed by atoms with Crippen LogP contribution in [0.1, 0.15) is 50.5 Å². The first-order chi connectivity index (χ1) is 10.1. The Balaban J connectivity index is 1.43. The summed E-state index contributed by atoms with van der Waals surface area (Å²) >= 11 is 0. The van der Waals surface area contributed by atoms with Gasteiger partial charge in [-0.15, -0.1) is 0 Å². The average molecular weight is 284 g/mol. The van der Waals surface area contributed by atoms with Crippen LogP contribution in [0.4, 0.5) is 5.82 Å². The fourth-order valence-corrected chi connectivity index (χ4v) is 5.58. The van der Waals surface area contributed by atoms with Crippen molar-refractivity contribution in [1.29, 1.82) is 0 Å². The van der Waals surface area contributed by atoms with E-state index >= 15 is 0 Å². The second kappa shape index (κ2) is 4.82. The third-order valence-corrected chi connectivity index (χ3v) is 5.88. The van der Waals surface area contributed by atoms with Gasteiger partial charge in [0.05, 0.1) is 0 Å². The number of pyridine rings is 1. The zero-order valence-corrected chi connectivity index (χ0v) is 12.8. The fraction of sp³-hybridized carbons (Fsp3) is 0.667. The van der Waals surface area contributed by atoms with Crippen molar-refractivity contribution in [3.63, 3.8) is 0 Å². The molecule has 0 unspecified atom stereocenters. The molecule has 1 heterocycles. The van der Waals surface area contributed by atoms with E-state index in [1.165, 1.54) is 38.5 Å². The minimum Gasteiger partial charge on any atom is -0.311 e. The molecule has 112 valence electrons. The summed E-state index contributed by atoms with van der Waals surface area (Å²) in [5, 5.41) is 2.99. The Kier molecular flexibility index (Phi) is 3.05. The number of nitrogens with zero attached hydrogens (tertiary/aromatic N) is 1. The maximum absolute atomic E-state index is 12.4. The molecule has 0 aliphatic heterocycles. The molecule has 1 aromatic rings. The zero-order chi connectivity index (χ0) is 14.4. The van der Waals surface area contributed by atoms with Gasteiger partial charge in [-0.25, -0.2) is 4.98 Å². The molecule has 4 fully saturated rings. The van der Waals surface area contributed by atoms with Crippen molar-refractivity contribution in [2.75, 3.05) is 5.32 Å². The van der Waals surface area contributed by atoms with E-state index < -0.39 is 0 Å². The lowest BCUT2D eigenvalue weighted by molar-refractivity contribution is -0.124. The molecule has 4 aliphatic rings. The molecule has 0 spiro atoms. The molecular formula is C18H24N2O. The molecule has 1 N–H and O–H groups in total. The van der Waals surface area contributed by atoms with Crippen molar-refractivity contribution < 1.29 is 4.79 Å². The van der Waals surface area contributed by atoms with E-state index in [0.717, 1.165) is 23.3 Å². The number of rotatable bonds is 3. The van der Waals surface area contributed by atoms with E-state index in [2.05, 4.69) is 10.3 Å². The molecule has 4 saturated carbocycles. The van der Waals surface area contributed by atoms with Crippen molar-refractivity contribution in [2.24, 2.45) is 23.2 Å². The maximum Gasteiger partial charge on any atom is 0.226 e. The number of anilines is 1. The molecule has 0 atom stereocenters. The summed E-state index contributed by atoms with van der Waals surface area (Å²) in [6.45, 7) is 2.01. The van der Waals surface area contributed by atoms with Gasteiger partial charge in [0.1, 0.15) is 5.82 Å². The predicted molar refractivity (Wildman–Crippen MR) is 82.8 cm³/mol. The number of carbonyl (C=O) groups is 1. The quantitative estimate of drug-likeness (QED) is 0.913. The van der Waals surface area contributed by atoms with Gasteiger partial charge in [0, 0.05) is 12.6 Å². The maximum atomic E-state index is 12.4. The first-order valence-corrected chi connectivity index (χ1v) is 8.33. The molecule has 1 amide bonds. The van der Waals surface area contributed by atoms with Gasteiger partial charge in [-0.3, -0.25) is 4.79 Å². The Hall–Kier alpha value is -1.38. The number of nitrogens with one attached hydrogen (secondary N) is 1. The lowest BCUT2D eigenvalue weighted by Crippen LogP contribution is -2.47. The molecule has 0 aromatic carbocycles. The first-order valence-electron chi connectivity index (χ1n) is 8.33. The molecule has 5 rings (SSSR count).